The number of hydrogen-bond acceptors (Lipinski definition) is 3. The van der Waals surface area contributed by atoms with E-state index in [-0.39, 0.29) is 0 Å². The molecule has 0 fully saturated rings. The molecule has 0 aromatic heterocycles. The molecule has 0 aromatic carbocycles. The topological polar surface area (TPSA) is 36.4 Å². The van der Waals surface area contributed by atoms with Gasteiger partial charge in [-0.3, -0.25) is 5.43 Å². The lowest BCUT2D eigenvalue weighted by atomic mass is 10.7. The van der Waals surface area contributed by atoms with Gasteiger partial charge in [-0.15, -0.1) is 0 Å². The van der Waals surface area contributed by atoms with Gasteiger partial charge >= 0.3 is 0 Å². The summed E-state index contributed by atoms with van der Waals surface area (Å²) in [6, 6.07) is 0. The highest BCUT2D eigenvalue weighted by Gasteiger charge is 1.70. The summed E-state index contributed by atoms with van der Waals surface area (Å²) in [6.07, 6.45) is 5.22. The Kier molecular flexibility index (Phi) is 0.774. The van der Waals surface area contributed by atoms with Crippen LogP contribution in [0.15, 0.2) is 17.4 Å². The Morgan fingerprint density at radius 3 is 2.67 bits per heavy atom. The van der Waals surface area contributed by atoms with Gasteiger partial charge in [-0.25, -0.2) is 5.53 Å². The molecule has 1 heterocycles. The summed E-state index contributed by atoms with van der Waals surface area (Å²) in [7, 11) is 0. The summed E-state index contributed by atoms with van der Waals surface area (Å²) in [6.45, 7) is 0. The van der Waals surface area contributed by atoms with Crippen molar-refractivity contribution in [1.82, 2.24) is 11.0 Å². The molecule has 0 unspecified atom stereocenters. The Morgan fingerprint density at radius 1 is 1.50 bits per heavy atom. The molecule has 0 saturated heterocycles. The predicted octanol–water partition coefficient (Wildman–Crippen LogP) is -0.406. The highest BCUT2D eigenvalue weighted by atomic mass is 15.5. The number of rotatable bonds is 0. The number of hydrazone groups is 1. The maximum absolute atomic E-state index is 3.60. The van der Waals surface area contributed by atoms with E-state index in [1.165, 1.54) is 0 Å². The van der Waals surface area contributed by atoms with E-state index in [1.54, 1.807) is 18.5 Å². The van der Waals surface area contributed by atoms with Crippen molar-refractivity contribution in [2.75, 3.05) is 0 Å². The lowest BCUT2D eigenvalue weighted by molar-refractivity contribution is 0.664. The minimum absolute atomic E-state index is 1.66. The van der Waals surface area contributed by atoms with Gasteiger partial charge in [-0.1, -0.05) is 0 Å². The Balaban J connectivity index is 2.46. The smallest absolute Gasteiger partial charge is 0.0503 e. The van der Waals surface area contributed by atoms with Crippen LogP contribution in [-0.2, 0) is 0 Å². The van der Waals surface area contributed by atoms with Crippen molar-refractivity contribution >= 4 is 6.21 Å². The van der Waals surface area contributed by atoms with Gasteiger partial charge in [0.15, 0.2) is 0 Å². The molecule has 3 nitrogen and oxygen atoms in total. The van der Waals surface area contributed by atoms with E-state index in [2.05, 4.69) is 16.1 Å². The minimum atomic E-state index is 1.66. The number of hydrazine groups is 1. The third-order valence-corrected chi connectivity index (χ3v) is 0.469. The fourth-order valence-electron chi connectivity index (χ4n) is 0.246. The van der Waals surface area contributed by atoms with Crippen LogP contribution < -0.4 is 11.0 Å². The number of hydrogen-bond donors (Lipinski definition) is 2. The van der Waals surface area contributed by atoms with Crippen LogP contribution in [0.25, 0.3) is 0 Å². The van der Waals surface area contributed by atoms with Gasteiger partial charge in [-0.2, -0.15) is 5.10 Å². The third kappa shape index (κ3) is 0.484. The molecule has 0 aliphatic carbocycles. The molecule has 0 bridgehead atoms. The van der Waals surface area contributed by atoms with Crippen molar-refractivity contribution in [2.24, 2.45) is 5.10 Å². The van der Waals surface area contributed by atoms with E-state index in [1.807, 2.05) is 0 Å². The van der Waals surface area contributed by atoms with Gasteiger partial charge in [0.25, 0.3) is 0 Å². The minimum Gasteiger partial charge on any atom is -0.292 e. The highest BCUT2D eigenvalue weighted by Crippen LogP contribution is 1.64. The Bertz CT molecular complexity index is 72.0. The van der Waals surface area contributed by atoms with Crippen LogP contribution >= 0.6 is 0 Å². The van der Waals surface area contributed by atoms with Gasteiger partial charge < -0.3 is 0 Å². The normalized spacial score (nSPS) is 16.0. The quantitative estimate of drug-likeness (QED) is 0.418. The van der Waals surface area contributed by atoms with Crippen molar-refractivity contribution < 1.29 is 0 Å². The fraction of sp³-hybridized carbons (Fsp3) is 0. The largest absolute Gasteiger partial charge is 0.292 e. The molecular formula is C3H5N3. The lowest BCUT2D eigenvalue weighted by Gasteiger charge is -1.97. The zero-order valence-corrected chi connectivity index (χ0v) is 3.18. The molecule has 1 rings (SSSR count). The number of nitrogens with one attached hydrogen (secondary N) is 2. The predicted molar refractivity (Wildman–Crippen MR) is 23.9 cm³/mol. The summed E-state index contributed by atoms with van der Waals surface area (Å²) >= 11 is 0. The maximum atomic E-state index is 3.60. The van der Waals surface area contributed by atoms with Crippen LogP contribution in [0.5, 0.6) is 0 Å². The molecular weight excluding hydrogens is 78.1 g/mol. The van der Waals surface area contributed by atoms with Crippen molar-refractivity contribution in [2.45, 2.75) is 0 Å². The molecule has 0 saturated carbocycles. The summed E-state index contributed by atoms with van der Waals surface area (Å²) in [5.74, 6) is 0. The van der Waals surface area contributed by atoms with Crippen LogP contribution in [0.3, 0.4) is 0 Å². The zero-order valence-electron chi connectivity index (χ0n) is 3.18. The standard InChI is InChI=1S/C3H5N3/c1-2-4-6-5-3-1/h1-4,6H. The summed E-state index contributed by atoms with van der Waals surface area (Å²) < 4.78 is 0. The van der Waals surface area contributed by atoms with Gasteiger partial charge in [0.1, 0.15) is 0 Å². The first kappa shape index (κ1) is 3.21. The molecule has 0 amide bonds. The first-order valence-corrected chi connectivity index (χ1v) is 1.69. The molecule has 0 aromatic rings. The molecule has 0 atom stereocenters. The summed E-state index contributed by atoms with van der Waals surface area (Å²) in [5.41, 5.74) is 5.17. The second-order valence-electron chi connectivity index (χ2n) is 0.893. The average molecular weight is 83.1 g/mol. The van der Waals surface area contributed by atoms with E-state index in [0.717, 1.165) is 0 Å². The molecule has 1 aliphatic heterocycles. The van der Waals surface area contributed by atoms with Gasteiger partial charge in [0, 0.05) is 6.20 Å². The van der Waals surface area contributed by atoms with Gasteiger partial charge in [0.05, 0.1) is 6.21 Å². The SMILES string of the molecule is C1=CNNN=C1. The molecule has 32 valence electrons. The van der Waals surface area contributed by atoms with Crippen molar-refractivity contribution in [3.8, 4) is 0 Å². The molecule has 3 heteroatoms. The van der Waals surface area contributed by atoms with E-state index in [4.69, 9.17) is 0 Å². The van der Waals surface area contributed by atoms with Gasteiger partial charge in [0.2, 0.25) is 0 Å². The Hall–Kier alpha value is -0.990. The zero-order chi connectivity index (χ0) is 4.24. The van der Waals surface area contributed by atoms with E-state index in [0.29, 0.717) is 0 Å². The van der Waals surface area contributed by atoms with Crippen molar-refractivity contribution in [1.29, 1.82) is 0 Å². The average Bonchev–Trinajstić information content (AvgIpc) is 1.72. The van der Waals surface area contributed by atoms with E-state index < -0.39 is 0 Å². The van der Waals surface area contributed by atoms with E-state index >= 15 is 0 Å². The van der Waals surface area contributed by atoms with Crippen LogP contribution in [0.2, 0.25) is 0 Å². The molecule has 6 heavy (non-hydrogen) atoms. The molecule has 1 aliphatic rings. The summed E-state index contributed by atoms with van der Waals surface area (Å²) in [4.78, 5) is 0. The highest BCUT2D eigenvalue weighted by molar-refractivity contribution is 5.70. The fourth-order valence-corrected chi connectivity index (χ4v) is 0.246. The lowest BCUT2D eigenvalue weighted by Crippen LogP contribution is -2.22. The first-order chi connectivity index (χ1) is 3.00. The third-order valence-electron chi connectivity index (χ3n) is 0.469. The number of nitrogens with zero attached hydrogens (tertiary/aromatic N) is 1. The summed E-state index contributed by atoms with van der Waals surface area (Å²) in [5, 5.41) is 3.60. The van der Waals surface area contributed by atoms with Crippen LogP contribution in [-0.4, -0.2) is 6.21 Å². The van der Waals surface area contributed by atoms with Crippen molar-refractivity contribution in [3.63, 3.8) is 0 Å². The van der Waals surface area contributed by atoms with Crippen LogP contribution in [0.4, 0.5) is 0 Å². The molecule has 0 spiro atoms. The molecule has 2 N–H and O–H groups in total. The maximum Gasteiger partial charge on any atom is 0.0503 e. The Labute approximate surface area is 35.7 Å². The van der Waals surface area contributed by atoms with Crippen molar-refractivity contribution in [3.05, 3.63) is 12.3 Å². The second-order valence-corrected chi connectivity index (χ2v) is 0.893. The van der Waals surface area contributed by atoms with Crippen LogP contribution in [0.1, 0.15) is 0 Å². The van der Waals surface area contributed by atoms with E-state index in [9.17, 15) is 0 Å². The first-order valence-electron chi connectivity index (χ1n) is 1.69. The van der Waals surface area contributed by atoms with Crippen LogP contribution in [0, 0.1) is 0 Å². The second kappa shape index (κ2) is 1.45. The van der Waals surface area contributed by atoms with Gasteiger partial charge in [-0.05, 0) is 6.08 Å². The monoisotopic (exact) mass is 83.0 g/mol. The Morgan fingerprint density at radius 2 is 2.50 bits per heavy atom. The number of allylic oxidation sites excluding steroid dienone is 1. The molecule has 0 radical (unpaired) electrons.